The lowest BCUT2D eigenvalue weighted by Gasteiger charge is -2.12. The minimum absolute atomic E-state index is 0.133. The summed E-state index contributed by atoms with van der Waals surface area (Å²) in [5.74, 6) is 0.551. The number of rotatable bonds is 7. The number of halogens is 1. The third kappa shape index (κ3) is 5.55. The molecule has 29 heavy (non-hydrogen) atoms. The van der Waals surface area contributed by atoms with Gasteiger partial charge in [-0.2, -0.15) is 5.10 Å². The van der Waals surface area contributed by atoms with Crippen LogP contribution in [-0.4, -0.2) is 20.6 Å². The van der Waals surface area contributed by atoms with Crippen LogP contribution in [0, 0.1) is 24.0 Å². The fraction of sp³-hybridized carbons (Fsp3) is 0.200. The van der Waals surface area contributed by atoms with E-state index < -0.39 is 4.92 Å². The maximum absolute atomic E-state index is 12.2. The monoisotopic (exact) mass is 414 g/mol. The molecule has 3 aromatic rings. The van der Waals surface area contributed by atoms with Crippen LogP contribution in [0.4, 0.5) is 11.4 Å². The Bertz CT molecular complexity index is 1060. The van der Waals surface area contributed by atoms with Crippen molar-refractivity contribution in [3.63, 3.8) is 0 Å². The first-order valence-electron chi connectivity index (χ1n) is 8.82. The Hall–Kier alpha value is -3.39. The Morgan fingerprint density at radius 2 is 2.07 bits per heavy atom. The number of non-ortho nitro benzene ring substituents is 1. The lowest BCUT2D eigenvalue weighted by Crippen LogP contribution is -2.14. The zero-order chi connectivity index (χ0) is 21.0. The van der Waals surface area contributed by atoms with Gasteiger partial charge in [-0.15, -0.1) is 0 Å². The van der Waals surface area contributed by atoms with E-state index in [2.05, 4.69) is 10.4 Å². The molecule has 0 spiro atoms. The van der Waals surface area contributed by atoms with Crippen LogP contribution in [0.15, 0.2) is 48.8 Å². The molecular formula is C20H19ClN4O4. The van der Waals surface area contributed by atoms with E-state index >= 15 is 0 Å². The minimum Gasteiger partial charge on any atom is -0.457 e. The summed E-state index contributed by atoms with van der Waals surface area (Å²) in [6, 6.07) is 9.88. The number of aromatic nitrogens is 2. The van der Waals surface area contributed by atoms with Crippen molar-refractivity contribution >= 4 is 28.9 Å². The lowest BCUT2D eigenvalue weighted by atomic mass is 10.1. The summed E-state index contributed by atoms with van der Waals surface area (Å²) in [6.45, 7) is 4.15. The van der Waals surface area contributed by atoms with E-state index in [1.165, 1.54) is 18.3 Å². The Balaban J connectivity index is 1.76. The largest absolute Gasteiger partial charge is 0.457 e. The van der Waals surface area contributed by atoms with Gasteiger partial charge in [-0.05, 0) is 31.0 Å². The average molecular weight is 415 g/mol. The molecule has 0 fully saturated rings. The van der Waals surface area contributed by atoms with E-state index in [0.29, 0.717) is 17.3 Å². The van der Waals surface area contributed by atoms with E-state index in [1.54, 1.807) is 16.9 Å². The van der Waals surface area contributed by atoms with Gasteiger partial charge in [-0.25, -0.2) is 0 Å². The number of carbonyl (C=O) groups is 1. The smallest absolute Gasteiger partial charge is 0.275 e. The zero-order valence-electron chi connectivity index (χ0n) is 15.9. The first kappa shape index (κ1) is 20.3. The van der Waals surface area contributed by atoms with Crippen molar-refractivity contribution < 1.29 is 14.5 Å². The number of carbonyl (C=O) groups excluding carboxylic acids is 1. The highest BCUT2D eigenvalue weighted by molar-refractivity contribution is 6.30. The highest BCUT2D eigenvalue weighted by atomic mass is 35.5. The van der Waals surface area contributed by atoms with E-state index in [9.17, 15) is 14.9 Å². The number of hydrogen-bond acceptors (Lipinski definition) is 5. The summed E-state index contributed by atoms with van der Waals surface area (Å²) >= 11 is 5.80. The molecule has 8 nitrogen and oxygen atoms in total. The van der Waals surface area contributed by atoms with Gasteiger partial charge in [0, 0.05) is 31.3 Å². The van der Waals surface area contributed by atoms with Gasteiger partial charge in [0.05, 0.1) is 27.9 Å². The molecule has 9 heteroatoms. The number of nitrogens with one attached hydrogen (secondary N) is 1. The third-order valence-corrected chi connectivity index (χ3v) is 4.32. The van der Waals surface area contributed by atoms with E-state index in [-0.39, 0.29) is 29.5 Å². The Morgan fingerprint density at radius 1 is 1.28 bits per heavy atom. The van der Waals surface area contributed by atoms with Crippen LogP contribution in [0.5, 0.6) is 11.5 Å². The summed E-state index contributed by atoms with van der Waals surface area (Å²) in [5.41, 5.74) is 2.00. The van der Waals surface area contributed by atoms with Crippen molar-refractivity contribution in [3.8, 4) is 11.5 Å². The van der Waals surface area contributed by atoms with Gasteiger partial charge in [0.15, 0.2) is 0 Å². The predicted octanol–water partition coefficient (Wildman–Crippen LogP) is 4.88. The second kappa shape index (κ2) is 8.74. The summed E-state index contributed by atoms with van der Waals surface area (Å²) in [7, 11) is 0. The van der Waals surface area contributed by atoms with Crippen LogP contribution in [0.3, 0.4) is 0 Å². The Morgan fingerprint density at radius 3 is 2.76 bits per heavy atom. The van der Waals surface area contributed by atoms with Crippen LogP contribution in [0.25, 0.3) is 0 Å². The molecule has 0 atom stereocenters. The fourth-order valence-electron chi connectivity index (χ4n) is 2.66. The molecule has 1 amide bonds. The van der Waals surface area contributed by atoms with Gasteiger partial charge in [0.2, 0.25) is 5.91 Å². The van der Waals surface area contributed by atoms with Crippen molar-refractivity contribution in [1.29, 1.82) is 0 Å². The van der Waals surface area contributed by atoms with Crippen molar-refractivity contribution in [3.05, 3.63) is 75.1 Å². The maximum atomic E-state index is 12.2. The van der Waals surface area contributed by atoms with Crippen LogP contribution in [0.1, 0.15) is 17.5 Å². The predicted molar refractivity (Wildman–Crippen MR) is 110 cm³/mol. The molecule has 3 rings (SSSR count). The van der Waals surface area contributed by atoms with Gasteiger partial charge in [0.1, 0.15) is 11.5 Å². The molecule has 0 unspecified atom stereocenters. The van der Waals surface area contributed by atoms with Crippen molar-refractivity contribution in [2.24, 2.45) is 0 Å². The molecule has 0 saturated carbocycles. The topological polar surface area (TPSA) is 99.3 Å². The normalized spacial score (nSPS) is 10.6. The first-order valence-corrected chi connectivity index (χ1v) is 9.20. The van der Waals surface area contributed by atoms with Gasteiger partial charge < -0.3 is 10.1 Å². The van der Waals surface area contributed by atoms with E-state index in [1.807, 2.05) is 32.0 Å². The van der Waals surface area contributed by atoms with Gasteiger partial charge in [0.25, 0.3) is 5.69 Å². The molecule has 0 aliphatic heterocycles. The maximum Gasteiger partial charge on any atom is 0.275 e. The second-order valence-corrected chi connectivity index (χ2v) is 7.00. The van der Waals surface area contributed by atoms with E-state index in [0.717, 1.165) is 11.1 Å². The van der Waals surface area contributed by atoms with Gasteiger partial charge in [-0.3, -0.25) is 19.6 Å². The zero-order valence-corrected chi connectivity index (χ0v) is 16.6. The highest BCUT2D eigenvalue weighted by Crippen LogP contribution is 2.31. The van der Waals surface area contributed by atoms with Crippen LogP contribution < -0.4 is 10.1 Å². The molecule has 0 aliphatic rings. The molecule has 1 heterocycles. The number of anilines is 1. The SMILES string of the molecule is Cc1ccc(C)c(Oc2cc(NC(=O)CCn3cc(Cl)cn3)cc([N+](=O)[O-])c2)c1. The number of nitrogens with zero attached hydrogens (tertiary/aromatic N) is 3. The van der Waals surface area contributed by atoms with Crippen molar-refractivity contribution in [2.75, 3.05) is 5.32 Å². The Labute approximate surface area is 172 Å². The molecule has 0 saturated heterocycles. The van der Waals surface area contributed by atoms with Crippen LogP contribution in [-0.2, 0) is 11.3 Å². The number of nitro groups is 1. The number of aryl methyl sites for hydroxylation is 3. The lowest BCUT2D eigenvalue weighted by molar-refractivity contribution is -0.384. The molecular weight excluding hydrogens is 396 g/mol. The van der Waals surface area contributed by atoms with Gasteiger partial charge >= 0.3 is 0 Å². The number of amides is 1. The molecule has 0 aliphatic carbocycles. The standard InChI is InChI=1S/C20H19ClN4O4/c1-13-3-4-14(2)19(7-13)29-18-9-16(8-17(10-18)25(27)28)23-20(26)5-6-24-12-15(21)11-22-24/h3-4,7-12H,5-6H2,1-2H3,(H,23,26). The summed E-state index contributed by atoms with van der Waals surface area (Å²) in [6.07, 6.45) is 3.23. The summed E-state index contributed by atoms with van der Waals surface area (Å²) in [4.78, 5) is 23.0. The van der Waals surface area contributed by atoms with Crippen molar-refractivity contribution in [2.45, 2.75) is 26.8 Å². The Kier molecular flexibility index (Phi) is 6.13. The molecule has 1 N–H and O–H groups in total. The second-order valence-electron chi connectivity index (χ2n) is 6.56. The average Bonchev–Trinajstić information content (AvgIpc) is 3.08. The number of ether oxygens (including phenoxy) is 1. The molecule has 1 aromatic heterocycles. The van der Waals surface area contributed by atoms with Gasteiger partial charge in [-0.1, -0.05) is 23.7 Å². The summed E-state index contributed by atoms with van der Waals surface area (Å²) < 4.78 is 7.40. The van der Waals surface area contributed by atoms with Crippen LogP contribution in [0.2, 0.25) is 5.02 Å². The molecule has 150 valence electrons. The summed E-state index contributed by atoms with van der Waals surface area (Å²) in [5, 5.41) is 18.4. The first-order chi connectivity index (χ1) is 13.8. The molecule has 0 bridgehead atoms. The fourth-order valence-corrected chi connectivity index (χ4v) is 2.82. The molecule has 2 aromatic carbocycles. The van der Waals surface area contributed by atoms with Crippen LogP contribution >= 0.6 is 11.6 Å². The number of hydrogen-bond donors (Lipinski definition) is 1. The quantitative estimate of drug-likeness (QED) is 0.438. The van der Waals surface area contributed by atoms with E-state index in [4.69, 9.17) is 16.3 Å². The highest BCUT2D eigenvalue weighted by Gasteiger charge is 2.14. The number of benzene rings is 2. The minimum atomic E-state index is -0.530. The third-order valence-electron chi connectivity index (χ3n) is 4.13. The van der Waals surface area contributed by atoms with Crippen molar-refractivity contribution in [1.82, 2.24) is 9.78 Å². The molecule has 0 radical (unpaired) electrons. The number of nitro benzene ring substituents is 1.